The molecule has 0 radical (unpaired) electrons. The Morgan fingerprint density at radius 1 is 1.00 bits per heavy atom. The molecule has 98 valence electrons. The van der Waals surface area contributed by atoms with Gasteiger partial charge in [-0.3, -0.25) is 4.90 Å². The second-order valence-electron chi connectivity index (χ2n) is 7.18. The number of hydrogen-bond acceptors (Lipinski definition) is 2. The first kappa shape index (κ1) is 12.0. The second kappa shape index (κ2) is 4.24. The summed E-state index contributed by atoms with van der Waals surface area (Å²) in [5.41, 5.74) is 0.136. The van der Waals surface area contributed by atoms with E-state index in [2.05, 4.69) is 18.7 Å². The zero-order valence-electron chi connectivity index (χ0n) is 11.4. The summed E-state index contributed by atoms with van der Waals surface area (Å²) in [7, 11) is 0. The van der Waals surface area contributed by atoms with Gasteiger partial charge in [0.25, 0.3) is 0 Å². The minimum atomic E-state index is -0.108. The summed E-state index contributed by atoms with van der Waals surface area (Å²) in [6.45, 7) is 5.70. The third-order valence-corrected chi connectivity index (χ3v) is 5.73. The van der Waals surface area contributed by atoms with Gasteiger partial charge in [0.15, 0.2) is 0 Å². The van der Waals surface area contributed by atoms with Crippen molar-refractivity contribution in [1.29, 1.82) is 0 Å². The molecule has 3 rings (SSSR count). The van der Waals surface area contributed by atoms with Gasteiger partial charge in [0.05, 0.1) is 6.10 Å². The lowest BCUT2D eigenvalue weighted by Crippen LogP contribution is -2.48. The van der Waals surface area contributed by atoms with Crippen LogP contribution in [0.2, 0.25) is 0 Å². The average molecular weight is 237 g/mol. The number of aliphatic hydroxyl groups is 1. The number of hydrogen-bond donors (Lipinski definition) is 1. The van der Waals surface area contributed by atoms with Crippen molar-refractivity contribution in [2.24, 2.45) is 11.3 Å². The normalized spacial score (nSPS) is 46.1. The summed E-state index contributed by atoms with van der Waals surface area (Å²) in [5.74, 6) is 0.944. The molecule has 2 saturated carbocycles. The Kier molecular flexibility index (Phi) is 2.99. The summed E-state index contributed by atoms with van der Waals surface area (Å²) >= 11 is 0. The molecule has 0 aromatic carbocycles. The quantitative estimate of drug-likeness (QED) is 0.758. The monoisotopic (exact) mass is 237 g/mol. The van der Waals surface area contributed by atoms with Crippen LogP contribution in [0.15, 0.2) is 0 Å². The molecule has 0 aromatic heterocycles. The summed E-state index contributed by atoms with van der Waals surface area (Å²) < 4.78 is 0. The van der Waals surface area contributed by atoms with Gasteiger partial charge in [-0.15, -0.1) is 0 Å². The van der Waals surface area contributed by atoms with E-state index in [1.807, 2.05) is 0 Å². The zero-order chi connectivity index (χ0) is 12.0. The van der Waals surface area contributed by atoms with Crippen LogP contribution in [0, 0.1) is 11.3 Å². The molecule has 3 fully saturated rings. The van der Waals surface area contributed by atoms with Crippen LogP contribution in [-0.2, 0) is 0 Å². The van der Waals surface area contributed by atoms with E-state index in [9.17, 15) is 5.11 Å². The van der Waals surface area contributed by atoms with Crippen LogP contribution >= 0.6 is 0 Å². The Morgan fingerprint density at radius 3 is 2.47 bits per heavy atom. The first-order valence-corrected chi connectivity index (χ1v) is 7.53. The SMILES string of the molecule is CC1(C)CCC(N2CCC3CCCCC32)C1O. The first-order chi connectivity index (χ1) is 8.09. The van der Waals surface area contributed by atoms with E-state index >= 15 is 0 Å². The van der Waals surface area contributed by atoms with Crippen molar-refractivity contribution in [3.05, 3.63) is 0 Å². The fourth-order valence-corrected chi connectivity index (χ4v) is 4.55. The fourth-order valence-electron chi connectivity index (χ4n) is 4.55. The van der Waals surface area contributed by atoms with Crippen LogP contribution < -0.4 is 0 Å². The van der Waals surface area contributed by atoms with E-state index in [0.717, 1.165) is 12.0 Å². The van der Waals surface area contributed by atoms with Gasteiger partial charge in [-0.2, -0.15) is 0 Å². The average Bonchev–Trinajstić information content (AvgIpc) is 2.83. The van der Waals surface area contributed by atoms with E-state index in [-0.39, 0.29) is 11.5 Å². The highest BCUT2D eigenvalue weighted by Crippen LogP contribution is 2.45. The molecule has 1 N–H and O–H groups in total. The van der Waals surface area contributed by atoms with E-state index in [1.165, 1.54) is 51.5 Å². The van der Waals surface area contributed by atoms with Gasteiger partial charge in [0.2, 0.25) is 0 Å². The van der Waals surface area contributed by atoms with Gasteiger partial charge >= 0.3 is 0 Å². The summed E-state index contributed by atoms with van der Waals surface area (Å²) in [4.78, 5) is 2.68. The van der Waals surface area contributed by atoms with Gasteiger partial charge in [-0.25, -0.2) is 0 Å². The van der Waals surface area contributed by atoms with Crippen LogP contribution in [0.1, 0.15) is 58.8 Å². The number of rotatable bonds is 1. The molecule has 3 aliphatic rings. The highest BCUT2D eigenvalue weighted by Gasteiger charge is 2.48. The first-order valence-electron chi connectivity index (χ1n) is 7.53. The molecule has 0 amide bonds. The maximum Gasteiger partial charge on any atom is 0.0746 e. The third-order valence-electron chi connectivity index (χ3n) is 5.73. The molecule has 0 spiro atoms. The van der Waals surface area contributed by atoms with Crippen LogP contribution in [-0.4, -0.2) is 34.7 Å². The van der Waals surface area contributed by atoms with Gasteiger partial charge in [0.1, 0.15) is 0 Å². The lowest BCUT2D eigenvalue weighted by Gasteiger charge is -2.38. The molecule has 1 aliphatic heterocycles. The predicted octanol–water partition coefficient (Wildman–Crippen LogP) is 2.80. The van der Waals surface area contributed by atoms with Crippen molar-refractivity contribution >= 4 is 0 Å². The lowest BCUT2D eigenvalue weighted by atomic mass is 9.84. The summed E-state index contributed by atoms with van der Waals surface area (Å²) in [6.07, 6.45) is 9.33. The Bertz CT molecular complexity index is 289. The molecule has 1 heterocycles. The van der Waals surface area contributed by atoms with Crippen molar-refractivity contribution in [2.45, 2.75) is 77.0 Å². The zero-order valence-corrected chi connectivity index (χ0v) is 11.4. The predicted molar refractivity (Wildman–Crippen MR) is 69.9 cm³/mol. The molecular weight excluding hydrogens is 210 g/mol. The van der Waals surface area contributed by atoms with E-state index in [4.69, 9.17) is 0 Å². The minimum absolute atomic E-state index is 0.108. The molecule has 4 unspecified atom stereocenters. The Morgan fingerprint density at radius 2 is 1.76 bits per heavy atom. The van der Waals surface area contributed by atoms with Crippen molar-refractivity contribution in [1.82, 2.24) is 4.90 Å². The van der Waals surface area contributed by atoms with Crippen molar-refractivity contribution in [3.63, 3.8) is 0 Å². The summed E-state index contributed by atoms with van der Waals surface area (Å²) in [5, 5.41) is 10.5. The van der Waals surface area contributed by atoms with Gasteiger partial charge in [-0.05, 0) is 50.0 Å². The van der Waals surface area contributed by atoms with Crippen molar-refractivity contribution in [3.8, 4) is 0 Å². The molecule has 2 nitrogen and oxygen atoms in total. The Hall–Kier alpha value is -0.0800. The third kappa shape index (κ3) is 1.94. The molecule has 2 aliphatic carbocycles. The molecule has 0 bridgehead atoms. The standard InChI is InChI=1S/C15H27NO/c1-15(2)9-7-13(14(15)17)16-10-8-11-5-3-4-6-12(11)16/h11-14,17H,3-10H2,1-2H3. The number of fused-ring (bicyclic) bond motifs is 1. The van der Waals surface area contributed by atoms with Crippen LogP contribution in [0.25, 0.3) is 0 Å². The number of nitrogens with zero attached hydrogens (tertiary/aromatic N) is 1. The van der Waals surface area contributed by atoms with Crippen LogP contribution in [0.4, 0.5) is 0 Å². The fraction of sp³-hybridized carbons (Fsp3) is 1.00. The highest BCUT2D eigenvalue weighted by atomic mass is 16.3. The summed E-state index contributed by atoms with van der Waals surface area (Å²) in [6, 6.07) is 1.26. The maximum absolute atomic E-state index is 10.5. The Labute approximate surface area is 105 Å². The number of aliphatic hydroxyl groups excluding tert-OH is 1. The molecular formula is C15H27NO. The Balaban J connectivity index is 1.73. The molecule has 2 heteroatoms. The topological polar surface area (TPSA) is 23.5 Å². The van der Waals surface area contributed by atoms with E-state index in [1.54, 1.807) is 0 Å². The maximum atomic E-state index is 10.5. The van der Waals surface area contributed by atoms with Crippen molar-refractivity contribution < 1.29 is 5.11 Å². The van der Waals surface area contributed by atoms with Gasteiger partial charge in [-0.1, -0.05) is 26.7 Å². The molecule has 4 atom stereocenters. The highest BCUT2D eigenvalue weighted by molar-refractivity contribution is 5.01. The van der Waals surface area contributed by atoms with Crippen molar-refractivity contribution in [2.75, 3.05) is 6.54 Å². The lowest BCUT2D eigenvalue weighted by molar-refractivity contribution is 0.00249. The molecule has 17 heavy (non-hydrogen) atoms. The van der Waals surface area contributed by atoms with Gasteiger partial charge in [0, 0.05) is 12.1 Å². The number of likely N-dealkylation sites (tertiary alicyclic amines) is 1. The largest absolute Gasteiger partial charge is 0.391 e. The van der Waals surface area contributed by atoms with E-state index in [0.29, 0.717) is 6.04 Å². The molecule has 0 aromatic rings. The van der Waals surface area contributed by atoms with Crippen LogP contribution in [0.3, 0.4) is 0 Å². The van der Waals surface area contributed by atoms with Gasteiger partial charge < -0.3 is 5.11 Å². The smallest absolute Gasteiger partial charge is 0.0746 e. The molecule has 1 saturated heterocycles. The van der Waals surface area contributed by atoms with Crippen LogP contribution in [0.5, 0.6) is 0 Å². The minimum Gasteiger partial charge on any atom is -0.391 e. The second-order valence-corrected chi connectivity index (χ2v) is 7.18. The van der Waals surface area contributed by atoms with E-state index < -0.39 is 0 Å².